The first-order valence-electron chi connectivity index (χ1n) is 8.30. The summed E-state index contributed by atoms with van der Waals surface area (Å²) in [5.74, 6) is 1.95. The molecule has 0 atom stereocenters. The Bertz CT molecular complexity index is 728. The Hall–Kier alpha value is -2.67. The maximum Gasteiger partial charge on any atom is 0.290 e. The molecule has 1 N–H and O–H groups in total. The second kappa shape index (κ2) is 7.94. The summed E-state index contributed by atoms with van der Waals surface area (Å²) in [6.45, 7) is 4.04. The number of hydrogen-bond donors (Lipinski definition) is 1. The molecule has 132 valence electrons. The van der Waals surface area contributed by atoms with Crippen molar-refractivity contribution in [3.05, 3.63) is 52.2 Å². The molecule has 1 aliphatic rings. The molecule has 0 amide bonds. The topological polar surface area (TPSA) is 86.5 Å². The van der Waals surface area contributed by atoms with E-state index in [-0.39, 0.29) is 5.69 Å². The standard InChI is InChI=1S/C18H21N3O4/c1-13-10-18(19-11-17(13)21(22)23)20-15-2-4-16(5-3-15)25-12-14-6-8-24-9-7-14/h2-5,10-11,14H,6-9,12H2,1H3,(H,19,20). The van der Waals surface area contributed by atoms with Crippen molar-refractivity contribution in [3.63, 3.8) is 0 Å². The summed E-state index contributed by atoms with van der Waals surface area (Å²) in [4.78, 5) is 14.5. The van der Waals surface area contributed by atoms with Gasteiger partial charge in [0.1, 0.15) is 17.8 Å². The van der Waals surface area contributed by atoms with Crippen LogP contribution in [-0.2, 0) is 4.74 Å². The number of anilines is 2. The first kappa shape index (κ1) is 17.2. The third-order valence-corrected chi connectivity index (χ3v) is 4.23. The third kappa shape index (κ3) is 4.67. The van der Waals surface area contributed by atoms with E-state index in [9.17, 15) is 10.1 Å². The van der Waals surface area contributed by atoms with Crippen molar-refractivity contribution in [1.82, 2.24) is 4.98 Å². The molecule has 25 heavy (non-hydrogen) atoms. The van der Waals surface area contributed by atoms with Gasteiger partial charge in [-0.15, -0.1) is 0 Å². The SMILES string of the molecule is Cc1cc(Nc2ccc(OCC3CCOCC3)cc2)ncc1[N+](=O)[O-]. The molecule has 0 aliphatic carbocycles. The highest BCUT2D eigenvalue weighted by atomic mass is 16.6. The number of rotatable bonds is 6. The van der Waals surface area contributed by atoms with Crippen LogP contribution in [0.4, 0.5) is 17.2 Å². The van der Waals surface area contributed by atoms with Crippen LogP contribution in [0.1, 0.15) is 18.4 Å². The molecule has 1 aromatic heterocycles. The lowest BCUT2D eigenvalue weighted by atomic mass is 10.0. The molecule has 2 heterocycles. The quantitative estimate of drug-likeness (QED) is 0.633. The molecule has 0 spiro atoms. The van der Waals surface area contributed by atoms with Crippen molar-refractivity contribution in [2.75, 3.05) is 25.1 Å². The van der Waals surface area contributed by atoms with Crippen LogP contribution >= 0.6 is 0 Å². The zero-order valence-corrected chi connectivity index (χ0v) is 14.1. The first-order valence-corrected chi connectivity index (χ1v) is 8.30. The predicted molar refractivity (Wildman–Crippen MR) is 94.4 cm³/mol. The lowest BCUT2D eigenvalue weighted by molar-refractivity contribution is -0.385. The van der Waals surface area contributed by atoms with Crippen LogP contribution in [0, 0.1) is 23.0 Å². The highest BCUT2D eigenvalue weighted by Gasteiger charge is 2.14. The Morgan fingerprint density at radius 1 is 1.32 bits per heavy atom. The van der Waals surface area contributed by atoms with Gasteiger partial charge in [0.2, 0.25) is 0 Å². The molecule has 7 nitrogen and oxygen atoms in total. The molecule has 0 unspecified atom stereocenters. The number of aromatic nitrogens is 1. The van der Waals surface area contributed by atoms with Gasteiger partial charge < -0.3 is 14.8 Å². The van der Waals surface area contributed by atoms with Crippen LogP contribution in [0.15, 0.2) is 36.5 Å². The molecule has 0 radical (unpaired) electrons. The fourth-order valence-electron chi connectivity index (χ4n) is 2.72. The minimum Gasteiger partial charge on any atom is -0.493 e. The minimum absolute atomic E-state index is 0.0161. The van der Waals surface area contributed by atoms with Crippen LogP contribution in [0.25, 0.3) is 0 Å². The number of aryl methyl sites for hydroxylation is 1. The highest BCUT2D eigenvalue weighted by molar-refractivity contribution is 5.59. The van der Waals surface area contributed by atoms with Gasteiger partial charge in [-0.2, -0.15) is 0 Å². The average molecular weight is 343 g/mol. The molecule has 2 aromatic rings. The Morgan fingerprint density at radius 3 is 2.68 bits per heavy atom. The lowest BCUT2D eigenvalue weighted by Gasteiger charge is -2.22. The van der Waals surface area contributed by atoms with Crippen molar-refractivity contribution in [1.29, 1.82) is 0 Å². The average Bonchev–Trinajstić information content (AvgIpc) is 2.62. The van der Waals surface area contributed by atoms with Crippen LogP contribution < -0.4 is 10.1 Å². The molecule has 1 aromatic carbocycles. The molecule has 7 heteroatoms. The summed E-state index contributed by atoms with van der Waals surface area (Å²) < 4.78 is 11.2. The number of nitrogens with zero attached hydrogens (tertiary/aromatic N) is 2. The Balaban J connectivity index is 1.57. The first-order chi connectivity index (χ1) is 12.1. The molecule has 3 rings (SSSR count). The molecule has 0 bridgehead atoms. The Morgan fingerprint density at radius 2 is 2.04 bits per heavy atom. The fourth-order valence-corrected chi connectivity index (χ4v) is 2.72. The van der Waals surface area contributed by atoms with Gasteiger partial charge in [-0.25, -0.2) is 4.98 Å². The second-order valence-corrected chi connectivity index (χ2v) is 6.13. The highest BCUT2D eigenvalue weighted by Crippen LogP contribution is 2.24. The van der Waals surface area contributed by atoms with Crippen molar-refractivity contribution in [3.8, 4) is 5.75 Å². The van der Waals surface area contributed by atoms with Gasteiger partial charge in [0.25, 0.3) is 5.69 Å². The van der Waals surface area contributed by atoms with Crippen molar-refractivity contribution >= 4 is 17.2 Å². The maximum absolute atomic E-state index is 10.8. The van der Waals surface area contributed by atoms with Gasteiger partial charge in [0.15, 0.2) is 0 Å². The number of nitrogens with one attached hydrogen (secondary N) is 1. The van der Waals surface area contributed by atoms with Crippen molar-refractivity contribution in [2.45, 2.75) is 19.8 Å². The summed E-state index contributed by atoms with van der Waals surface area (Å²) in [5.41, 5.74) is 1.43. The fraction of sp³-hybridized carbons (Fsp3) is 0.389. The number of ether oxygens (including phenoxy) is 2. The van der Waals surface area contributed by atoms with Gasteiger partial charge in [-0.3, -0.25) is 10.1 Å². The van der Waals surface area contributed by atoms with Gasteiger partial charge in [-0.05, 0) is 56.0 Å². The van der Waals surface area contributed by atoms with Crippen LogP contribution in [0.2, 0.25) is 0 Å². The molecular formula is C18H21N3O4. The number of pyridine rings is 1. The number of hydrogen-bond acceptors (Lipinski definition) is 6. The second-order valence-electron chi connectivity index (χ2n) is 6.13. The van der Waals surface area contributed by atoms with Crippen LogP contribution in [-0.4, -0.2) is 29.7 Å². The van der Waals surface area contributed by atoms with E-state index in [1.165, 1.54) is 6.20 Å². The third-order valence-electron chi connectivity index (χ3n) is 4.23. The van der Waals surface area contributed by atoms with E-state index in [0.717, 1.165) is 37.5 Å². The van der Waals surface area contributed by atoms with Gasteiger partial charge in [-0.1, -0.05) is 0 Å². The number of nitro groups is 1. The van der Waals surface area contributed by atoms with Crippen molar-refractivity contribution in [2.24, 2.45) is 5.92 Å². The summed E-state index contributed by atoms with van der Waals surface area (Å²) in [5, 5.41) is 14.0. The summed E-state index contributed by atoms with van der Waals surface area (Å²) in [6.07, 6.45) is 3.36. The van der Waals surface area contributed by atoms with E-state index in [0.29, 0.717) is 23.9 Å². The van der Waals surface area contributed by atoms with Gasteiger partial charge >= 0.3 is 0 Å². The maximum atomic E-state index is 10.8. The van der Waals surface area contributed by atoms with E-state index < -0.39 is 4.92 Å². The molecular weight excluding hydrogens is 322 g/mol. The molecule has 1 saturated heterocycles. The predicted octanol–water partition coefficient (Wildman–Crippen LogP) is 3.85. The largest absolute Gasteiger partial charge is 0.493 e. The minimum atomic E-state index is -0.434. The smallest absolute Gasteiger partial charge is 0.290 e. The monoisotopic (exact) mass is 343 g/mol. The molecule has 0 saturated carbocycles. The van der Waals surface area contributed by atoms with E-state index in [1.807, 2.05) is 24.3 Å². The van der Waals surface area contributed by atoms with E-state index in [4.69, 9.17) is 9.47 Å². The summed E-state index contributed by atoms with van der Waals surface area (Å²) in [6, 6.07) is 9.27. The van der Waals surface area contributed by atoms with Crippen LogP contribution in [0.3, 0.4) is 0 Å². The zero-order chi connectivity index (χ0) is 17.6. The van der Waals surface area contributed by atoms with Gasteiger partial charge in [0, 0.05) is 24.5 Å². The van der Waals surface area contributed by atoms with Crippen molar-refractivity contribution < 1.29 is 14.4 Å². The Labute approximate surface area is 146 Å². The zero-order valence-electron chi connectivity index (χ0n) is 14.1. The molecule has 1 fully saturated rings. The van der Waals surface area contributed by atoms with E-state index in [1.54, 1.807) is 13.0 Å². The Kier molecular flexibility index (Phi) is 5.45. The van der Waals surface area contributed by atoms with E-state index in [2.05, 4.69) is 10.3 Å². The molecule has 1 aliphatic heterocycles. The lowest BCUT2D eigenvalue weighted by Crippen LogP contribution is -2.21. The van der Waals surface area contributed by atoms with Crippen LogP contribution in [0.5, 0.6) is 5.75 Å². The summed E-state index contributed by atoms with van der Waals surface area (Å²) >= 11 is 0. The number of benzene rings is 1. The summed E-state index contributed by atoms with van der Waals surface area (Å²) in [7, 11) is 0. The van der Waals surface area contributed by atoms with E-state index >= 15 is 0 Å². The van der Waals surface area contributed by atoms with Gasteiger partial charge in [0.05, 0.1) is 11.5 Å². The normalized spacial score (nSPS) is 14.9.